The summed E-state index contributed by atoms with van der Waals surface area (Å²) < 4.78 is 9.88. The van der Waals surface area contributed by atoms with E-state index >= 15 is 0 Å². The number of rotatable bonds is 5. The summed E-state index contributed by atoms with van der Waals surface area (Å²) in [4.78, 5) is 23.9. The third-order valence-electron chi connectivity index (χ3n) is 3.09. The number of amides is 1. The molecule has 0 saturated carbocycles. The third-order valence-corrected chi connectivity index (χ3v) is 4.07. The van der Waals surface area contributed by atoms with Crippen LogP contribution in [0.4, 0.5) is 5.00 Å². The van der Waals surface area contributed by atoms with E-state index in [4.69, 9.17) is 4.74 Å². The van der Waals surface area contributed by atoms with Crippen LogP contribution in [0.2, 0.25) is 0 Å². The molecule has 2 rings (SSSR count). The van der Waals surface area contributed by atoms with Crippen LogP contribution in [0, 0.1) is 6.92 Å². The molecule has 0 spiro atoms. The van der Waals surface area contributed by atoms with Crippen LogP contribution >= 0.6 is 11.3 Å². The lowest BCUT2D eigenvalue weighted by Crippen LogP contribution is -2.13. The number of aryl methyl sites for hydroxylation is 1. The highest BCUT2D eigenvalue weighted by atomic mass is 32.1. The molecule has 22 heavy (non-hydrogen) atoms. The Balaban J connectivity index is 2.01. The van der Waals surface area contributed by atoms with Gasteiger partial charge in [0.15, 0.2) is 0 Å². The van der Waals surface area contributed by atoms with Crippen molar-refractivity contribution in [1.29, 1.82) is 0 Å². The molecule has 1 aromatic heterocycles. The second kappa shape index (κ2) is 7.09. The maximum absolute atomic E-state index is 12.1. The maximum atomic E-state index is 12.1. The molecule has 0 saturated heterocycles. The normalized spacial score (nSPS) is 10.1. The fourth-order valence-corrected chi connectivity index (χ4v) is 2.80. The zero-order chi connectivity index (χ0) is 16.1. The number of hydrogen-bond acceptors (Lipinski definition) is 5. The van der Waals surface area contributed by atoms with Crippen LogP contribution in [-0.4, -0.2) is 26.1 Å². The van der Waals surface area contributed by atoms with Gasteiger partial charge >= 0.3 is 5.97 Å². The Kier molecular flexibility index (Phi) is 5.16. The summed E-state index contributed by atoms with van der Waals surface area (Å²) in [6.07, 6.45) is 0.238. The van der Waals surface area contributed by atoms with Crippen molar-refractivity contribution < 1.29 is 19.1 Å². The van der Waals surface area contributed by atoms with Crippen molar-refractivity contribution in [2.24, 2.45) is 0 Å². The van der Waals surface area contributed by atoms with Gasteiger partial charge in [-0.15, -0.1) is 11.3 Å². The third kappa shape index (κ3) is 3.85. The van der Waals surface area contributed by atoms with Gasteiger partial charge in [-0.2, -0.15) is 0 Å². The van der Waals surface area contributed by atoms with Crippen LogP contribution in [0.3, 0.4) is 0 Å². The van der Waals surface area contributed by atoms with Crippen molar-refractivity contribution in [3.05, 3.63) is 46.3 Å². The minimum atomic E-state index is -0.409. The molecule has 116 valence electrons. The molecule has 0 unspecified atom stereocenters. The Morgan fingerprint density at radius 3 is 2.64 bits per heavy atom. The summed E-state index contributed by atoms with van der Waals surface area (Å²) in [6, 6.07) is 8.97. The number of carbonyl (C=O) groups excluding carboxylic acids is 2. The SMILES string of the molecule is COC(=O)c1ccc(NC(=O)Cc2ccc(C)c(OC)c2)s1. The molecule has 0 aliphatic heterocycles. The van der Waals surface area contributed by atoms with Crippen molar-refractivity contribution in [2.45, 2.75) is 13.3 Å². The first-order chi connectivity index (χ1) is 10.5. The Morgan fingerprint density at radius 2 is 1.95 bits per heavy atom. The summed E-state index contributed by atoms with van der Waals surface area (Å²) in [6.45, 7) is 1.95. The van der Waals surface area contributed by atoms with E-state index in [9.17, 15) is 9.59 Å². The number of hydrogen-bond donors (Lipinski definition) is 1. The van der Waals surface area contributed by atoms with Gasteiger partial charge in [0.05, 0.1) is 25.6 Å². The fraction of sp³-hybridized carbons (Fsp3) is 0.250. The first-order valence-corrected chi connectivity index (χ1v) is 7.46. The van der Waals surface area contributed by atoms with E-state index < -0.39 is 5.97 Å². The van der Waals surface area contributed by atoms with Crippen LogP contribution in [0.15, 0.2) is 30.3 Å². The summed E-state index contributed by atoms with van der Waals surface area (Å²) in [7, 11) is 2.93. The highest BCUT2D eigenvalue weighted by molar-refractivity contribution is 7.18. The van der Waals surface area contributed by atoms with Crippen molar-refractivity contribution in [3.63, 3.8) is 0 Å². The predicted molar refractivity (Wildman–Crippen MR) is 85.7 cm³/mol. The summed E-state index contributed by atoms with van der Waals surface area (Å²) >= 11 is 1.18. The molecule has 0 bridgehead atoms. The molecule has 6 heteroatoms. The number of carbonyl (C=O) groups is 2. The van der Waals surface area contributed by atoms with Gasteiger partial charge in [0.25, 0.3) is 0 Å². The molecule has 0 aliphatic rings. The van der Waals surface area contributed by atoms with Gasteiger partial charge in [-0.3, -0.25) is 4.79 Å². The van der Waals surface area contributed by atoms with Crippen molar-refractivity contribution in [2.75, 3.05) is 19.5 Å². The standard InChI is InChI=1S/C16H17NO4S/c1-10-4-5-11(8-12(10)20-2)9-14(18)17-15-7-6-13(22-15)16(19)21-3/h4-8H,9H2,1-3H3,(H,17,18). The Morgan fingerprint density at radius 1 is 1.18 bits per heavy atom. The predicted octanol–water partition coefficient (Wildman–Crippen LogP) is 3.03. The van der Waals surface area contributed by atoms with Gasteiger partial charge < -0.3 is 14.8 Å². The first kappa shape index (κ1) is 16.0. The van der Waals surface area contributed by atoms with Gasteiger partial charge in [0, 0.05) is 0 Å². The monoisotopic (exact) mass is 319 g/mol. The molecule has 1 amide bonds. The second-order valence-corrected chi connectivity index (χ2v) is 5.77. The quantitative estimate of drug-likeness (QED) is 0.860. The van der Waals surface area contributed by atoms with Crippen LogP contribution in [0.5, 0.6) is 5.75 Å². The largest absolute Gasteiger partial charge is 0.496 e. The minimum absolute atomic E-state index is 0.149. The van der Waals surface area contributed by atoms with Crippen LogP contribution < -0.4 is 10.1 Å². The number of anilines is 1. The number of methoxy groups -OCH3 is 2. The van der Waals surface area contributed by atoms with Gasteiger partial charge in [-0.1, -0.05) is 12.1 Å². The Hall–Kier alpha value is -2.34. The molecule has 1 heterocycles. The average molecular weight is 319 g/mol. The van der Waals surface area contributed by atoms with E-state index in [0.29, 0.717) is 9.88 Å². The highest BCUT2D eigenvalue weighted by Gasteiger charge is 2.11. The molecule has 0 radical (unpaired) electrons. The molecular weight excluding hydrogens is 302 g/mol. The summed E-state index contributed by atoms with van der Waals surface area (Å²) in [5, 5.41) is 3.39. The number of nitrogens with one attached hydrogen (secondary N) is 1. The van der Waals surface area contributed by atoms with Crippen LogP contribution in [0.1, 0.15) is 20.8 Å². The van der Waals surface area contributed by atoms with Gasteiger partial charge in [0.1, 0.15) is 10.6 Å². The molecule has 0 fully saturated rings. The zero-order valence-electron chi connectivity index (χ0n) is 12.6. The topological polar surface area (TPSA) is 64.6 Å². The van der Waals surface area contributed by atoms with Crippen LogP contribution in [-0.2, 0) is 16.0 Å². The number of ether oxygens (including phenoxy) is 2. The lowest BCUT2D eigenvalue weighted by atomic mass is 10.1. The lowest BCUT2D eigenvalue weighted by Gasteiger charge is -2.07. The molecular formula is C16H17NO4S. The van der Waals surface area contributed by atoms with E-state index in [1.807, 2.05) is 25.1 Å². The number of benzene rings is 1. The molecule has 1 aromatic carbocycles. The van der Waals surface area contributed by atoms with Crippen LogP contribution in [0.25, 0.3) is 0 Å². The Bertz CT molecular complexity index is 693. The molecule has 0 atom stereocenters. The number of esters is 1. The molecule has 0 aliphatic carbocycles. The molecule has 1 N–H and O–H groups in total. The van der Waals surface area contributed by atoms with Crippen molar-refractivity contribution in [1.82, 2.24) is 0 Å². The smallest absolute Gasteiger partial charge is 0.348 e. The van der Waals surface area contributed by atoms with Gasteiger partial charge in [-0.25, -0.2) is 4.79 Å². The van der Waals surface area contributed by atoms with E-state index in [0.717, 1.165) is 16.9 Å². The summed E-state index contributed by atoms with van der Waals surface area (Å²) in [5.41, 5.74) is 1.89. The highest BCUT2D eigenvalue weighted by Crippen LogP contribution is 2.23. The van der Waals surface area contributed by atoms with E-state index in [1.54, 1.807) is 19.2 Å². The minimum Gasteiger partial charge on any atom is -0.496 e. The zero-order valence-corrected chi connectivity index (χ0v) is 13.5. The first-order valence-electron chi connectivity index (χ1n) is 6.65. The molecule has 5 nitrogen and oxygen atoms in total. The lowest BCUT2D eigenvalue weighted by molar-refractivity contribution is -0.115. The van der Waals surface area contributed by atoms with Gasteiger partial charge in [0.2, 0.25) is 5.91 Å². The van der Waals surface area contributed by atoms with Gasteiger partial charge in [-0.05, 0) is 36.2 Å². The molecule has 2 aromatic rings. The Labute approximate surface area is 132 Å². The fourth-order valence-electron chi connectivity index (χ4n) is 1.96. The second-order valence-electron chi connectivity index (χ2n) is 4.68. The van der Waals surface area contributed by atoms with E-state index in [1.165, 1.54) is 18.4 Å². The average Bonchev–Trinajstić information content (AvgIpc) is 2.96. The number of thiophene rings is 1. The van der Waals surface area contributed by atoms with E-state index in [2.05, 4.69) is 10.1 Å². The van der Waals surface area contributed by atoms with Crippen molar-refractivity contribution >= 4 is 28.2 Å². The van der Waals surface area contributed by atoms with E-state index in [-0.39, 0.29) is 12.3 Å². The maximum Gasteiger partial charge on any atom is 0.348 e. The van der Waals surface area contributed by atoms with Crippen molar-refractivity contribution in [3.8, 4) is 5.75 Å². The summed E-state index contributed by atoms with van der Waals surface area (Å²) in [5.74, 6) is 0.201.